The van der Waals surface area contributed by atoms with Crippen LogP contribution in [-0.2, 0) is 4.74 Å². The van der Waals surface area contributed by atoms with Gasteiger partial charge in [0.2, 0.25) is 0 Å². The lowest BCUT2D eigenvalue weighted by Crippen LogP contribution is -2.38. The molecule has 2 heteroatoms. The van der Waals surface area contributed by atoms with E-state index in [2.05, 4.69) is 13.8 Å². The van der Waals surface area contributed by atoms with Crippen molar-refractivity contribution in [3.8, 4) is 0 Å². The van der Waals surface area contributed by atoms with Gasteiger partial charge in [-0.15, -0.1) is 0 Å². The average Bonchev–Trinajstić information content (AvgIpc) is 2.65. The normalized spacial score (nSPS) is 22.9. The van der Waals surface area contributed by atoms with Gasteiger partial charge in [0.05, 0.1) is 12.2 Å². The molecule has 84 valence electrons. The van der Waals surface area contributed by atoms with Crippen LogP contribution in [0.5, 0.6) is 0 Å². The summed E-state index contributed by atoms with van der Waals surface area (Å²) in [6, 6.07) is 0. The molecule has 0 aromatic heterocycles. The number of hydrogen-bond donors (Lipinski definition) is 1. The van der Waals surface area contributed by atoms with Crippen molar-refractivity contribution in [2.24, 2.45) is 11.8 Å². The second-order valence-electron chi connectivity index (χ2n) is 4.70. The van der Waals surface area contributed by atoms with E-state index in [0.717, 1.165) is 0 Å². The number of hydrogen-bond acceptors (Lipinski definition) is 2. The van der Waals surface area contributed by atoms with Crippen molar-refractivity contribution in [2.45, 2.75) is 58.7 Å². The molecule has 1 saturated carbocycles. The zero-order valence-corrected chi connectivity index (χ0v) is 9.70. The Morgan fingerprint density at radius 3 is 2.29 bits per heavy atom. The first kappa shape index (κ1) is 12.0. The molecule has 0 amide bonds. The Morgan fingerprint density at radius 1 is 1.29 bits per heavy atom. The van der Waals surface area contributed by atoms with Crippen molar-refractivity contribution < 1.29 is 9.84 Å². The highest BCUT2D eigenvalue weighted by Crippen LogP contribution is 2.31. The zero-order valence-electron chi connectivity index (χ0n) is 9.70. The third kappa shape index (κ3) is 2.96. The molecule has 1 aliphatic carbocycles. The maximum Gasteiger partial charge on any atom is 0.0859 e. The number of aliphatic hydroxyl groups is 1. The summed E-state index contributed by atoms with van der Waals surface area (Å²) < 4.78 is 5.63. The van der Waals surface area contributed by atoms with Crippen LogP contribution in [0.2, 0.25) is 0 Å². The minimum absolute atomic E-state index is 0.0306. The van der Waals surface area contributed by atoms with Crippen molar-refractivity contribution in [2.75, 3.05) is 6.61 Å². The van der Waals surface area contributed by atoms with Gasteiger partial charge in [-0.1, -0.05) is 26.7 Å². The summed E-state index contributed by atoms with van der Waals surface area (Å²) in [6.07, 6.45) is 4.69. The van der Waals surface area contributed by atoms with Crippen LogP contribution in [0, 0.1) is 11.8 Å². The zero-order chi connectivity index (χ0) is 10.6. The molecule has 2 atom stereocenters. The number of aliphatic hydroxyl groups excluding tert-OH is 1. The van der Waals surface area contributed by atoms with Crippen LogP contribution in [0.15, 0.2) is 0 Å². The van der Waals surface area contributed by atoms with Crippen LogP contribution >= 0.6 is 0 Å². The third-order valence-corrected chi connectivity index (χ3v) is 3.24. The molecule has 0 aliphatic heterocycles. The topological polar surface area (TPSA) is 29.5 Å². The van der Waals surface area contributed by atoms with Crippen LogP contribution in [0.3, 0.4) is 0 Å². The van der Waals surface area contributed by atoms with Crippen LogP contribution < -0.4 is 0 Å². The molecule has 0 bridgehead atoms. The Labute approximate surface area is 87.7 Å². The highest BCUT2D eigenvalue weighted by molar-refractivity contribution is 4.82. The van der Waals surface area contributed by atoms with Crippen molar-refractivity contribution in [1.29, 1.82) is 0 Å². The lowest BCUT2D eigenvalue weighted by Gasteiger charge is -2.30. The summed E-state index contributed by atoms with van der Waals surface area (Å²) in [4.78, 5) is 0. The molecule has 1 rings (SSSR count). The predicted molar refractivity (Wildman–Crippen MR) is 58.2 cm³/mol. The van der Waals surface area contributed by atoms with Gasteiger partial charge < -0.3 is 9.84 Å². The maximum atomic E-state index is 10.2. The Hall–Kier alpha value is -0.0800. The van der Waals surface area contributed by atoms with Crippen LogP contribution in [0.25, 0.3) is 0 Å². The van der Waals surface area contributed by atoms with E-state index in [1.807, 2.05) is 6.92 Å². The summed E-state index contributed by atoms with van der Waals surface area (Å²) in [6.45, 7) is 6.94. The molecule has 14 heavy (non-hydrogen) atoms. The van der Waals surface area contributed by atoms with E-state index in [9.17, 15) is 5.11 Å². The molecule has 0 heterocycles. The second kappa shape index (κ2) is 5.72. The van der Waals surface area contributed by atoms with Crippen molar-refractivity contribution in [3.05, 3.63) is 0 Å². The molecule has 2 nitrogen and oxygen atoms in total. The molecule has 1 aliphatic rings. The van der Waals surface area contributed by atoms with Crippen molar-refractivity contribution in [1.82, 2.24) is 0 Å². The lowest BCUT2D eigenvalue weighted by atomic mass is 9.90. The minimum atomic E-state index is -0.252. The van der Waals surface area contributed by atoms with E-state index in [1.165, 1.54) is 25.7 Å². The molecule has 1 fully saturated rings. The van der Waals surface area contributed by atoms with E-state index < -0.39 is 0 Å². The third-order valence-electron chi connectivity index (χ3n) is 3.24. The number of rotatable bonds is 5. The quantitative estimate of drug-likeness (QED) is 0.739. The van der Waals surface area contributed by atoms with Crippen LogP contribution in [0.1, 0.15) is 46.5 Å². The van der Waals surface area contributed by atoms with E-state index >= 15 is 0 Å². The van der Waals surface area contributed by atoms with Gasteiger partial charge >= 0.3 is 0 Å². The van der Waals surface area contributed by atoms with Gasteiger partial charge in [0.25, 0.3) is 0 Å². The summed E-state index contributed by atoms with van der Waals surface area (Å²) >= 11 is 0. The molecular weight excluding hydrogens is 176 g/mol. The second-order valence-corrected chi connectivity index (χ2v) is 4.70. The molecule has 1 N–H and O–H groups in total. The van der Waals surface area contributed by atoms with E-state index in [4.69, 9.17) is 4.74 Å². The SMILES string of the molecule is CCOC(C(C)C)C(O)C1CCCC1. The van der Waals surface area contributed by atoms with Crippen LogP contribution in [-0.4, -0.2) is 23.9 Å². The standard InChI is InChI=1S/C12H24O2/c1-4-14-12(9(2)3)11(13)10-7-5-6-8-10/h9-13H,4-8H2,1-3H3. The van der Waals surface area contributed by atoms with E-state index in [1.54, 1.807) is 0 Å². The van der Waals surface area contributed by atoms with Gasteiger partial charge in [-0.05, 0) is 31.6 Å². The highest BCUT2D eigenvalue weighted by atomic mass is 16.5. The Morgan fingerprint density at radius 2 is 1.86 bits per heavy atom. The summed E-state index contributed by atoms with van der Waals surface area (Å²) in [7, 11) is 0. The molecule has 0 saturated heterocycles. The smallest absolute Gasteiger partial charge is 0.0859 e. The van der Waals surface area contributed by atoms with Gasteiger partial charge in [0.1, 0.15) is 0 Å². The summed E-state index contributed by atoms with van der Waals surface area (Å²) in [5, 5.41) is 10.2. The molecule has 0 aromatic carbocycles. The largest absolute Gasteiger partial charge is 0.390 e. The lowest BCUT2D eigenvalue weighted by molar-refractivity contribution is -0.0788. The summed E-state index contributed by atoms with van der Waals surface area (Å²) in [5.74, 6) is 0.888. The highest BCUT2D eigenvalue weighted by Gasteiger charge is 2.31. The van der Waals surface area contributed by atoms with E-state index in [0.29, 0.717) is 18.4 Å². The van der Waals surface area contributed by atoms with Crippen molar-refractivity contribution >= 4 is 0 Å². The predicted octanol–water partition coefficient (Wildman–Crippen LogP) is 2.60. The first-order valence-electron chi connectivity index (χ1n) is 5.96. The first-order valence-corrected chi connectivity index (χ1v) is 5.96. The van der Waals surface area contributed by atoms with Gasteiger partial charge in [0, 0.05) is 6.61 Å². The molecule has 0 aromatic rings. The molecular formula is C12H24O2. The fourth-order valence-electron chi connectivity index (χ4n) is 2.45. The van der Waals surface area contributed by atoms with Crippen molar-refractivity contribution in [3.63, 3.8) is 0 Å². The fourth-order valence-corrected chi connectivity index (χ4v) is 2.45. The Bertz CT molecular complexity index is 150. The van der Waals surface area contributed by atoms with Gasteiger partial charge in [-0.25, -0.2) is 0 Å². The number of ether oxygens (including phenoxy) is 1. The Balaban J connectivity index is 2.48. The van der Waals surface area contributed by atoms with Gasteiger partial charge in [-0.3, -0.25) is 0 Å². The minimum Gasteiger partial charge on any atom is -0.390 e. The molecule has 0 radical (unpaired) electrons. The molecule has 0 spiro atoms. The summed E-state index contributed by atoms with van der Waals surface area (Å²) in [5.41, 5.74) is 0. The van der Waals surface area contributed by atoms with Crippen LogP contribution in [0.4, 0.5) is 0 Å². The monoisotopic (exact) mass is 200 g/mol. The fraction of sp³-hybridized carbons (Fsp3) is 1.00. The van der Waals surface area contributed by atoms with Gasteiger partial charge in [-0.2, -0.15) is 0 Å². The maximum absolute atomic E-state index is 10.2. The van der Waals surface area contributed by atoms with Gasteiger partial charge in [0.15, 0.2) is 0 Å². The average molecular weight is 200 g/mol. The first-order chi connectivity index (χ1) is 6.66. The van der Waals surface area contributed by atoms with E-state index in [-0.39, 0.29) is 12.2 Å². The Kier molecular flexibility index (Phi) is 4.90. The molecule has 2 unspecified atom stereocenters.